The molecule has 1 saturated heterocycles. The lowest BCUT2D eigenvalue weighted by Crippen LogP contribution is -2.49. The van der Waals surface area contributed by atoms with Crippen molar-refractivity contribution in [1.82, 2.24) is 24.4 Å². The number of amides is 1. The van der Waals surface area contributed by atoms with E-state index in [9.17, 15) is 4.79 Å². The van der Waals surface area contributed by atoms with Crippen LogP contribution in [0.2, 0.25) is 0 Å². The third kappa shape index (κ3) is 3.90. The summed E-state index contributed by atoms with van der Waals surface area (Å²) < 4.78 is 12.7. The molecule has 1 amide bonds. The van der Waals surface area contributed by atoms with E-state index in [-0.39, 0.29) is 5.91 Å². The fourth-order valence-electron chi connectivity index (χ4n) is 3.74. The molecular formula is C22H26N6O3. The van der Waals surface area contributed by atoms with E-state index in [2.05, 4.69) is 19.9 Å². The predicted molar refractivity (Wildman–Crippen MR) is 116 cm³/mol. The minimum Gasteiger partial charge on any atom is -0.493 e. The van der Waals surface area contributed by atoms with Gasteiger partial charge in [-0.15, -0.1) is 0 Å². The number of piperazine rings is 1. The number of imidazole rings is 1. The monoisotopic (exact) mass is 422 g/mol. The number of para-hydroxylation sites is 1. The highest BCUT2D eigenvalue weighted by molar-refractivity contribution is 5.98. The summed E-state index contributed by atoms with van der Waals surface area (Å²) in [5.41, 5.74) is 2.53. The Bertz CT molecular complexity index is 1090. The van der Waals surface area contributed by atoms with E-state index < -0.39 is 0 Å². The number of aromatic nitrogens is 4. The Labute approximate surface area is 181 Å². The van der Waals surface area contributed by atoms with Gasteiger partial charge in [0.25, 0.3) is 5.91 Å². The lowest BCUT2D eigenvalue weighted by atomic mass is 10.1. The Kier molecular flexibility index (Phi) is 5.75. The summed E-state index contributed by atoms with van der Waals surface area (Å²) in [6.45, 7) is 6.51. The lowest BCUT2D eigenvalue weighted by Gasteiger charge is -2.35. The topological polar surface area (TPSA) is 85.6 Å². The number of rotatable bonds is 5. The Balaban J connectivity index is 1.48. The van der Waals surface area contributed by atoms with Crippen LogP contribution < -0.4 is 14.4 Å². The molecule has 1 aromatic carbocycles. The van der Waals surface area contributed by atoms with Gasteiger partial charge in [-0.3, -0.25) is 9.36 Å². The summed E-state index contributed by atoms with van der Waals surface area (Å²) in [5, 5.41) is 0. The van der Waals surface area contributed by atoms with Crippen LogP contribution in [0.15, 0.2) is 36.9 Å². The van der Waals surface area contributed by atoms with Crippen LogP contribution in [0, 0.1) is 13.8 Å². The van der Waals surface area contributed by atoms with Crippen molar-refractivity contribution in [2.45, 2.75) is 13.8 Å². The van der Waals surface area contributed by atoms with Crippen LogP contribution in [0.5, 0.6) is 11.5 Å². The summed E-state index contributed by atoms with van der Waals surface area (Å²) in [4.78, 5) is 30.3. The number of ether oxygens (including phenoxy) is 2. The Morgan fingerprint density at radius 1 is 0.968 bits per heavy atom. The first-order chi connectivity index (χ1) is 15.0. The zero-order valence-electron chi connectivity index (χ0n) is 18.2. The Hall–Kier alpha value is -3.62. The average Bonchev–Trinajstić information content (AvgIpc) is 3.16. The molecule has 0 aliphatic carbocycles. The number of methoxy groups -OCH3 is 2. The van der Waals surface area contributed by atoms with Gasteiger partial charge in [-0.25, -0.2) is 15.0 Å². The number of hydrogen-bond donors (Lipinski definition) is 0. The van der Waals surface area contributed by atoms with Crippen molar-refractivity contribution >= 4 is 11.7 Å². The van der Waals surface area contributed by atoms with E-state index in [1.165, 1.54) is 0 Å². The second-order valence-corrected chi connectivity index (χ2v) is 7.34. The SMILES string of the molecule is COc1cccc(C(=O)N2CCN(c3cc(-n4cnc(C)c4C)ncn3)CC2)c1OC. The standard InChI is InChI=1S/C22H26N6O3/c1-15-16(2)28(14-25-15)20-12-19(23-13-24-20)26-8-10-27(11-9-26)22(29)17-6-5-7-18(30-3)21(17)31-4/h5-7,12-14H,8-11H2,1-4H3. The third-order valence-electron chi connectivity index (χ3n) is 5.66. The van der Waals surface area contributed by atoms with Crippen molar-refractivity contribution in [2.75, 3.05) is 45.3 Å². The summed E-state index contributed by atoms with van der Waals surface area (Å²) in [7, 11) is 3.11. The average molecular weight is 422 g/mol. The number of benzene rings is 1. The van der Waals surface area contributed by atoms with Gasteiger partial charge >= 0.3 is 0 Å². The molecule has 1 aliphatic rings. The molecule has 1 aliphatic heterocycles. The van der Waals surface area contributed by atoms with Crippen LogP contribution in [0.3, 0.4) is 0 Å². The maximum Gasteiger partial charge on any atom is 0.257 e. The molecule has 0 atom stereocenters. The van der Waals surface area contributed by atoms with Gasteiger partial charge in [-0.1, -0.05) is 6.07 Å². The third-order valence-corrected chi connectivity index (χ3v) is 5.66. The van der Waals surface area contributed by atoms with Crippen LogP contribution in [0.1, 0.15) is 21.7 Å². The summed E-state index contributed by atoms with van der Waals surface area (Å²) in [5.74, 6) is 2.56. The maximum atomic E-state index is 13.1. The highest BCUT2D eigenvalue weighted by atomic mass is 16.5. The number of anilines is 1. The number of nitrogens with zero attached hydrogens (tertiary/aromatic N) is 6. The first-order valence-corrected chi connectivity index (χ1v) is 10.1. The number of carbonyl (C=O) groups is 1. The molecule has 162 valence electrons. The Morgan fingerprint density at radius 2 is 1.71 bits per heavy atom. The molecule has 9 nitrogen and oxygen atoms in total. The van der Waals surface area contributed by atoms with E-state index in [0.717, 1.165) is 23.0 Å². The lowest BCUT2D eigenvalue weighted by molar-refractivity contribution is 0.0742. The van der Waals surface area contributed by atoms with Gasteiger partial charge in [0.1, 0.15) is 24.3 Å². The largest absolute Gasteiger partial charge is 0.493 e. The molecule has 0 unspecified atom stereocenters. The first kappa shape index (κ1) is 20.6. The van der Waals surface area contributed by atoms with Crippen molar-refractivity contribution in [3.63, 3.8) is 0 Å². The number of carbonyl (C=O) groups excluding carboxylic acids is 1. The number of aryl methyl sites for hydroxylation is 1. The van der Waals surface area contributed by atoms with Crippen molar-refractivity contribution < 1.29 is 14.3 Å². The minimum atomic E-state index is -0.0664. The van der Waals surface area contributed by atoms with Gasteiger partial charge in [0.15, 0.2) is 11.5 Å². The van der Waals surface area contributed by atoms with Crippen LogP contribution in [0.25, 0.3) is 5.82 Å². The fraction of sp³-hybridized carbons (Fsp3) is 0.364. The van der Waals surface area contributed by atoms with Gasteiger partial charge in [-0.05, 0) is 26.0 Å². The van der Waals surface area contributed by atoms with Crippen molar-refractivity contribution in [1.29, 1.82) is 0 Å². The second kappa shape index (κ2) is 8.63. The van der Waals surface area contributed by atoms with Crippen molar-refractivity contribution in [2.24, 2.45) is 0 Å². The summed E-state index contributed by atoms with van der Waals surface area (Å²) in [6.07, 6.45) is 3.34. The normalized spacial score (nSPS) is 13.9. The highest BCUT2D eigenvalue weighted by Crippen LogP contribution is 2.31. The van der Waals surface area contributed by atoms with Gasteiger partial charge in [0.2, 0.25) is 0 Å². The molecular weight excluding hydrogens is 396 g/mol. The smallest absolute Gasteiger partial charge is 0.257 e. The molecule has 1 fully saturated rings. The molecule has 0 radical (unpaired) electrons. The van der Waals surface area contributed by atoms with E-state index in [4.69, 9.17) is 9.47 Å². The summed E-state index contributed by atoms with van der Waals surface area (Å²) in [6, 6.07) is 7.30. The van der Waals surface area contributed by atoms with E-state index in [0.29, 0.717) is 43.2 Å². The highest BCUT2D eigenvalue weighted by Gasteiger charge is 2.26. The molecule has 0 saturated carbocycles. The van der Waals surface area contributed by atoms with E-state index in [1.807, 2.05) is 29.4 Å². The first-order valence-electron chi connectivity index (χ1n) is 10.1. The maximum absolute atomic E-state index is 13.1. The molecule has 9 heteroatoms. The van der Waals surface area contributed by atoms with Crippen LogP contribution in [-0.2, 0) is 0 Å². The van der Waals surface area contributed by atoms with Crippen LogP contribution in [0.4, 0.5) is 5.82 Å². The molecule has 2 aromatic heterocycles. The second-order valence-electron chi connectivity index (χ2n) is 7.34. The van der Waals surface area contributed by atoms with Gasteiger partial charge in [0, 0.05) is 37.9 Å². The van der Waals surface area contributed by atoms with E-state index >= 15 is 0 Å². The molecule has 3 heterocycles. The molecule has 31 heavy (non-hydrogen) atoms. The minimum absolute atomic E-state index is 0.0664. The van der Waals surface area contributed by atoms with Gasteiger partial charge in [0.05, 0.1) is 25.5 Å². The van der Waals surface area contributed by atoms with Crippen molar-refractivity contribution in [3.05, 3.63) is 53.9 Å². The Morgan fingerprint density at radius 3 is 2.35 bits per heavy atom. The van der Waals surface area contributed by atoms with Crippen molar-refractivity contribution in [3.8, 4) is 17.3 Å². The van der Waals surface area contributed by atoms with Crippen LogP contribution in [-0.4, -0.2) is 70.7 Å². The quantitative estimate of drug-likeness (QED) is 0.623. The van der Waals surface area contributed by atoms with E-state index in [1.54, 1.807) is 45.1 Å². The van der Waals surface area contributed by atoms with Crippen LogP contribution >= 0.6 is 0 Å². The molecule has 4 rings (SSSR count). The predicted octanol–water partition coefficient (Wildman–Crippen LogP) is 2.26. The molecule has 0 N–H and O–H groups in total. The zero-order valence-corrected chi connectivity index (χ0v) is 18.2. The summed E-state index contributed by atoms with van der Waals surface area (Å²) >= 11 is 0. The van der Waals surface area contributed by atoms with Gasteiger partial charge < -0.3 is 19.3 Å². The number of hydrogen-bond acceptors (Lipinski definition) is 7. The molecule has 0 bridgehead atoms. The molecule has 3 aromatic rings. The molecule has 0 spiro atoms. The zero-order chi connectivity index (χ0) is 22.0. The van der Waals surface area contributed by atoms with Gasteiger partial charge in [-0.2, -0.15) is 0 Å². The fourth-order valence-corrected chi connectivity index (χ4v) is 3.74.